The van der Waals surface area contributed by atoms with Gasteiger partial charge >= 0.3 is 0 Å². The van der Waals surface area contributed by atoms with Crippen molar-refractivity contribution in [1.29, 1.82) is 0 Å². The zero-order chi connectivity index (χ0) is 12.3. The summed E-state index contributed by atoms with van der Waals surface area (Å²) in [4.78, 5) is 0. The molecule has 0 heterocycles. The van der Waals surface area contributed by atoms with E-state index in [-0.39, 0.29) is 5.92 Å². The highest BCUT2D eigenvalue weighted by Gasteiger charge is 2.16. The molecule has 0 spiro atoms. The minimum atomic E-state index is -0.884. The molecular formula is C13H16F2O. The average Bonchev–Trinajstić information content (AvgIpc) is 2.18. The maximum atomic E-state index is 13.1. The molecule has 3 heteroatoms. The Kier molecular flexibility index (Phi) is 4.19. The van der Waals surface area contributed by atoms with Gasteiger partial charge in [0.15, 0.2) is 11.6 Å². The summed E-state index contributed by atoms with van der Waals surface area (Å²) < 4.78 is 25.8. The number of rotatable bonds is 3. The lowest BCUT2D eigenvalue weighted by atomic mass is 9.92. The number of hydrogen-bond donors (Lipinski definition) is 1. The summed E-state index contributed by atoms with van der Waals surface area (Å²) in [6.45, 7) is 5.43. The van der Waals surface area contributed by atoms with E-state index >= 15 is 0 Å². The molecular weight excluding hydrogens is 210 g/mol. The number of hydrogen-bond acceptors (Lipinski definition) is 1. The van der Waals surface area contributed by atoms with Crippen LogP contribution in [0, 0.1) is 11.6 Å². The summed E-state index contributed by atoms with van der Waals surface area (Å²) in [5.41, 5.74) is 1.60. The normalized spacial score (nSPS) is 14.4. The molecule has 1 aromatic carbocycles. The fourth-order valence-electron chi connectivity index (χ4n) is 1.59. The number of allylic oxidation sites excluding steroid dienone is 1. The summed E-state index contributed by atoms with van der Waals surface area (Å²) in [6.07, 6.45) is 1.21. The molecule has 0 saturated heterocycles. The molecule has 0 aliphatic rings. The van der Waals surface area contributed by atoms with Gasteiger partial charge in [-0.25, -0.2) is 8.78 Å². The van der Waals surface area contributed by atoms with Crippen molar-refractivity contribution in [2.45, 2.75) is 32.8 Å². The topological polar surface area (TPSA) is 20.2 Å². The molecule has 1 N–H and O–H groups in total. The Balaban J connectivity index is 3.11. The van der Waals surface area contributed by atoms with Crippen LogP contribution < -0.4 is 0 Å². The molecule has 16 heavy (non-hydrogen) atoms. The SMILES string of the molecule is CC(C)=CC(c1ccc(F)c(F)c1)C(C)O. The monoisotopic (exact) mass is 226 g/mol. The fourth-order valence-corrected chi connectivity index (χ4v) is 1.59. The first-order valence-corrected chi connectivity index (χ1v) is 5.20. The maximum absolute atomic E-state index is 13.1. The van der Waals surface area contributed by atoms with Crippen LogP contribution in [0.15, 0.2) is 29.8 Å². The van der Waals surface area contributed by atoms with Gasteiger partial charge in [0, 0.05) is 5.92 Å². The second kappa shape index (κ2) is 5.21. The molecule has 1 rings (SSSR count). The number of aliphatic hydroxyl groups excluding tert-OH is 1. The third kappa shape index (κ3) is 3.14. The molecule has 2 unspecified atom stereocenters. The van der Waals surface area contributed by atoms with Crippen molar-refractivity contribution in [2.75, 3.05) is 0 Å². The Bertz CT molecular complexity index is 393. The first kappa shape index (κ1) is 12.8. The van der Waals surface area contributed by atoms with Crippen LogP contribution in [0.1, 0.15) is 32.3 Å². The molecule has 0 fully saturated rings. The van der Waals surface area contributed by atoms with E-state index in [1.165, 1.54) is 6.07 Å². The maximum Gasteiger partial charge on any atom is 0.159 e. The van der Waals surface area contributed by atoms with E-state index in [4.69, 9.17) is 0 Å². The molecule has 0 aromatic heterocycles. The van der Waals surface area contributed by atoms with Gasteiger partial charge in [-0.2, -0.15) is 0 Å². The van der Waals surface area contributed by atoms with Gasteiger partial charge in [-0.1, -0.05) is 17.7 Å². The fraction of sp³-hybridized carbons (Fsp3) is 0.385. The van der Waals surface area contributed by atoms with E-state index < -0.39 is 17.7 Å². The predicted molar refractivity (Wildman–Crippen MR) is 60.2 cm³/mol. The van der Waals surface area contributed by atoms with Gasteiger partial charge in [0.2, 0.25) is 0 Å². The standard InChI is InChI=1S/C13H16F2O/c1-8(2)6-11(9(3)16)10-4-5-12(14)13(15)7-10/h4-7,9,11,16H,1-3H3. The zero-order valence-electron chi connectivity index (χ0n) is 9.67. The van der Waals surface area contributed by atoms with Gasteiger partial charge in [0.05, 0.1) is 6.10 Å². The van der Waals surface area contributed by atoms with E-state index in [0.717, 1.165) is 17.7 Å². The quantitative estimate of drug-likeness (QED) is 0.783. The van der Waals surface area contributed by atoms with Crippen LogP contribution in [0.3, 0.4) is 0 Å². The Hall–Kier alpha value is -1.22. The van der Waals surface area contributed by atoms with E-state index in [1.807, 2.05) is 19.9 Å². The second-order valence-corrected chi connectivity index (χ2v) is 4.18. The summed E-state index contributed by atoms with van der Waals surface area (Å²) in [7, 11) is 0. The minimum absolute atomic E-state index is 0.305. The molecule has 1 nitrogen and oxygen atoms in total. The lowest BCUT2D eigenvalue weighted by Crippen LogP contribution is -2.13. The summed E-state index contributed by atoms with van der Waals surface area (Å²) in [5.74, 6) is -2.06. The lowest BCUT2D eigenvalue weighted by molar-refractivity contribution is 0.178. The number of halogens is 2. The second-order valence-electron chi connectivity index (χ2n) is 4.18. The molecule has 0 saturated carbocycles. The van der Waals surface area contributed by atoms with Crippen LogP contribution in [0.5, 0.6) is 0 Å². The van der Waals surface area contributed by atoms with Crippen molar-refractivity contribution in [3.8, 4) is 0 Å². The van der Waals surface area contributed by atoms with Crippen LogP contribution in [-0.4, -0.2) is 11.2 Å². The van der Waals surface area contributed by atoms with Gasteiger partial charge < -0.3 is 5.11 Å². The number of benzene rings is 1. The Labute approximate surface area is 94.4 Å². The summed E-state index contributed by atoms with van der Waals surface area (Å²) in [5, 5.41) is 9.61. The van der Waals surface area contributed by atoms with Gasteiger partial charge in [-0.05, 0) is 38.5 Å². The van der Waals surface area contributed by atoms with Crippen molar-refractivity contribution in [3.63, 3.8) is 0 Å². The Morgan fingerprint density at radius 2 is 1.88 bits per heavy atom. The molecule has 2 atom stereocenters. The first-order chi connectivity index (χ1) is 7.41. The van der Waals surface area contributed by atoms with E-state index in [1.54, 1.807) is 6.92 Å². The van der Waals surface area contributed by atoms with Crippen LogP contribution >= 0.6 is 0 Å². The molecule has 1 aromatic rings. The Morgan fingerprint density at radius 1 is 1.25 bits per heavy atom. The molecule has 88 valence electrons. The highest BCUT2D eigenvalue weighted by Crippen LogP contribution is 2.24. The van der Waals surface area contributed by atoms with Crippen LogP contribution in [0.25, 0.3) is 0 Å². The smallest absolute Gasteiger partial charge is 0.159 e. The average molecular weight is 226 g/mol. The zero-order valence-corrected chi connectivity index (χ0v) is 9.67. The lowest BCUT2D eigenvalue weighted by Gasteiger charge is -2.17. The van der Waals surface area contributed by atoms with Crippen molar-refractivity contribution < 1.29 is 13.9 Å². The van der Waals surface area contributed by atoms with E-state index in [0.29, 0.717) is 5.56 Å². The van der Waals surface area contributed by atoms with Crippen LogP contribution in [-0.2, 0) is 0 Å². The largest absolute Gasteiger partial charge is 0.392 e. The molecule has 0 amide bonds. The summed E-state index contributed by atoms with van der Waals surface area (Å²) in [6, 6.07) is 3.71. The van der Waals surface area contributed by atoms with Gasteiger partial charge in [0.1, 0.15) is 0 Å². The molecule has 0 aliphatic heterocycles. The van der Waals surface area contributed by atoms with Crippen molar-refractivity contribution in [3.05, 3.63) is 47.0 Å². The van der Waals surface area contributed by atoms with Gasteiger partial charge in [0.25, 0.3) is 0 Å². The van der Waals surface area contributed by atoms with Crippen molar-refractivity contribution in [2.24, 2.45) is 0 Å². The number of aliphatic hydroxyl groups is 1. The van der Waals surface area contributed by atoms with E-state index in [2.05, 4.69) is 0 Å². The molecule has 0 aliphatic carbocycles. The highest BCUT2D eigenvalue weighted by atomic mass is 19.2. The van der Waals surface area contributed by atoms with Crippen molar-refractivity contribution >= 4 is 0 Å². The first-order valence-electron chi connectivity index (χ1n) is 5.20. The third-order valence-electron chi connectivity index (χ3n) is 2.36. The van der Waals surface area contributed by atoms with Gasteiger partial charge in [-0.15, -0.1) is 0 Å². The highest BCUT2D eigenvalue weighted by molar-refractivity contribution is 5.27. The Morgan fingerprint density at radius 3 is 2.31 bits per heavy atom. The minimum Gasteiger partial charge on any atom is -0.392 e. The molecule has 0 bridgehead atoms. The van der Waals surface area contributed by atoms with Crippen LogP contribution in [0.2, 0.25) is 0 Å². The molecule has 0 radical (unpaired) electrons. The van der Waals surface area contributed by atoms with Crippen LogP contribution in [0.4, 0.5) is 8.78 Å². The van der Waals surface area contributed by atoms with E-state index in [9.17, 15) is 13.9 Å². The van der Waals surface area contributed by atoms with Gasteiger partial charge in [-0.3, -0.25) is 0 Å². The predicted octanol–water partition coefficient (Wildman–Crippen LogP) is 3.40. The third-order valence-corrected chi connectivity index (χ3v) is 2.36. The van der Waals surface area contributed by atoms with Crippen molar-refractivity contribution in [1.82, 2.24) is 0 Å². The summed E-state index contributed by atoms with van der Waals surface area (Å²) >= 11 is 0.